The number of fused-ring (bicyclic) bond motifs is 18. The van der Waals surface area contributed by atoms with E-state index in [0.717, 1.165) is 29.8 Å². The number of hydrogen-bond donors (Lipinski definition) is 7. The number of carbonyl (C=O) groups is 7. The summed E-state index contributed by atoms with van der Waals surface area (Å²) in [7, 11) is 0. The Morgan fingerprint density at radius 2 is 1.09 bits per heavy atom. The SMILES string of the molecule is O=C1CCC(=O)N[C@H](CCc2ccccc2)C(=O)N[C@@H](Cc2ccc(C(F)(F)F)cc2)C(=O)N[C@H](Cc2ccccc2)C(=O)N[C@@H](C(=O)N[C@H](Cc2ccccc2)C(=O)O)Cc2ccc(cc2)N1. The van der Waals surface area contributed by atoms with Gasteiger partial charge in [-0.25, -0.2) is 4.79 Å². The smallest absolute Gasteiger partial charge is 0.416 e. The highest BCUT2D eigenvalue weighted by Gasteiger charge is 2.34. The van der Waals surface area contributed by atoms with Crippen molar-refractivity contribution in [2.45, 2.75) is 87.8 Å². The van der Waals surface area contributed by atoms with Gasteiger partial charge in [0.15, 0.2) is 0 Å². The monoisotopic (exact) mass is 932 g/mol. The van der Waals surface area contributed by atoms with Gasteiger partial charge in [-0.2, -0.15) is 13.2 Å². The summed E-state index contributed by atoms with van der Waals surface area (Å²) in [6, 6.07) is 29.5. The average molecular weight is 933 g/mol. The van der Waals surface area contributed by atoms with Gasteiger partial charge in [0, 0.05) is 44.2 Å². The van der Waals surface area contributed by atoms with E-state index in [1.165, 1.54) is 0 Å². The van der Waals surface area contributed by atoms with Crippen LogP contribution in [0.25, 0.3) is 0 Å². The molecule has 6 amide bonds. The van der Waals surface area contributed by atoms with Crippen molar-refractivity contribution in [1.82, 2.24) is 26.6 Å². The zero-order valence-electron chi connectivity index (χ0n) is 36.8. The average Bonchev–Trinajstić information content (AvgIpc) is 3.32. The fourth-order valence-corrected chi connectivity index (χ4v) is 7.58. The van der Waals surface area contributed by atoms with Gasteiger partial charge in [0.25, 0.3) is 0 Å². The lowest BCUT2D eigenvalue weighted by molar-refractivity contribution is -0.142. The minimum atomic E-state index is -4.65. The number of carboxylic acids is 1. The highest BCUT2D eigenvalue weighted by atomic mass is 19.4. The highest BCUT2D eigenvalue weighted by Crippen LogP contribution is 2.29. The summed E-state index contributed by atoms with van der Waals surface area (Å²) in [6.45, 7) is 0. The summed E-state index contributed by atoms with van der Waals surface area (Å²) in [5.74, 6) is -5.95. The lowest BCUT2D eigenvalue weighted by Gasteiger charge is -2.27. The molecule has 68 heavy (non-hydrogen) atoms. The largest absolute Gasteiger partial charge is 0.480 e. The first-order valence-corrected chi connectivity index (χ1v) is 22.0. The lowest BCUT2D eigenvalue weighted by atomic mass is 9.99. The van der Waals surface area contributed by atoms with Crippen LogP contribution in [0.1, 0.15) is 52.6 Å². The molecular weight excluding hydrogens is 882 g/mol. The van der Waals surface area contributed by atoms with E-state index in [1.54, 1.807) is 97.1 Å². The Morgan fingerprint density at radius 1 is 0.588 bits per heavy atom. The molecule has 354 valence electrons. The first kappa shape index (κ1) is 49.6. The third-order valence-electron chi connectivity index (χ3n) is 11.3. The number of halogens is 3. The molecule has 7 N–H and O–H groups in total. The molecule has 2 aliphatic rings. The first-order chi connectivity index (χ1) is 32.6. The summed E-state index contributed by atoms with van der Waals surface area (Å²) < 4.78 is 40.7. The molecule has 2 bridgehead atoms. The number of alkyl halides is 3. The Kier molecular flexibility index (Phi) is 17.2. The van der Waals surface area contributed by atoms with Gasteiger partial charge in [-0.15, -0.1) is 0 Å². The van der Waals surface area contributed by atoms with Crippen LogP contribution in [0.15, 0.2) is 140 Å². The van der Waals surface area contributed by atoms with Crippen LogP contribution in [0.5, 0.6) is 0 Å². The zero-order valence-corrected chi connectivity index (χ0v) is 36.8. The van der Waals surface area contributed by atoms with Crippen LogP contribution in [0.4, 0.5) is 18.9 Å². The molecule has 5 aromatic rings. The zero-order chi connectivity index (χ0) is 48.6. The standard InChI is InChI=1S/C51H51F3N6O8/c52-51(53,54)37-21-16-35(17-22-37)29-41-48(65)58-40(28-33-12-6-2-7-13-33)47(64)59-42(49(66)60-43(50(67)68)31-34-14-8-3-9-15-34)30-36-18-23-38(24-19-36)55-44(61)26-27-45(62)56-39(46(63)57-41)25-20-32-10-4-1-5-11-32/h1-19,21-24,39-43H,20,25-31H2,(H,55,61)(H,56,62)(H,57,63)(H,58,65)(H,59,64)(H,60,66)(H,67,68)/t39-,40-,41+,42-,43-/m1/s1. The number of anilines is 1. The van der Waals surface area contributed by atoms with Crippen molar-refractivity contribution in [1.29, 1.82) is 0 Å². The predicted molar refractivity (Wildman–Crippen MR) is 246 cm³/mol. The summed E-state index contributed by atoms with van der Waals surface area (Å²) in [6.07, 6.45) is -5.64. The van der Waals surface area contributed by atoms with Crippen LogP contribution < -0.4 is 31.9 Å². The van der Waals surface area contributed by atoms with Gasteiger partial charge < -0.3 is 37.0 Å². The van der Waals surface area contributed by atoms with Gasteiger partial charge in [0.2, 0.25) is 35.4 Å². The Labute approximate surface area is 390 Å². The molecule has 0 saturated heterocycles. The van der Waals surface area contributed by atoms with Gasteiger partial charge in [-0.3, -0.25) is 28.8 Å². The normalized spacial score (nSPS) is 19.2. The van der Waals surface area contributed by atoms with Crippen molar-refractivity contribution in [3.05, 3.63) is 173 Å². The molecule has 17 heteroatoms. The van der Waals surface area contributed by atoms with Crippen LogP contribution in [0, 0.1) is 0 Å². The molecule has 5 atom stereocenters. The Balaban J connectivity index is 1.37. The Bertz CT molecular complexity index is 2530. The summed E-state index contributed by atoms with van der Waals surface area (Å²) in [5.41, 5.74) is 2.16. The van der Waals surface area contributed by atoms with Crippen molar-refractivity contribution < 1.29 is 51.8 Å². The third kappa shape index (κ3) is 15.1. The summed E-state index contributed by atoms with van der Waals surface area (Å²) in [4.78, 5) is 96.4. The van der Waals surface area contributed by atoms with E-state index in [1.807, 2.05) is 18.2 Å². The first-order valence-electron chi connectivity index (χ1n) is 22.0. The molecule has 5 aromatic carbocycles. The van der Waals surface area contributed by atoms with Gasteiger partial charge in [0.1, 0.15) is 30.2 Å². The minimum absolute atomic E-state index is 0.0469. The lowest BCUT2D eigenvalue weighted by Crippen LogP contribution is -2.60. The molecule has 0 fully saturated rings. The number of carbonyl (C=O) groups excluding carboxylic acids is 6. The van der Waals surface area contributed by atoms with E-state index in [9.17, 15) is 51.8 Å². The number of aryl methyl sites for hydroxylation is 1. The van der Waals surface area contributed by atoms with Crippen molar-refractivity contribution in [2.75, 3.05) is 5.32 Å². The van der Waals surface area contributed by atoms with Gasteiger partial charge in [0.05, 0.1) is 5.56 Å². The van der Waals surface area contributed by atoms with E-state index in [2.05, 4.69) is 31.9 Å². The number of hydrogen-bond acceptors (Lipinski definition) is 7. The molecule has 0 aliphatic carbocycles. The van der Waals surface area contributed by atoms with Crippen LogP contribution in [0.3, 0.4) is 0 Å². The van der Waals surface area contributed by atoms with E-state index >= 15 is 0 Å². The van der Waals surface area contributed by atoms with Crippen LogP contribution >= 0.6 is 0 Å². The molecule has 0 saturated carbocycles. The number of nitrogens with one attached hydrogen (secondary N) is 6. The fraction of sp³-hybridized carbons (Fsp3) is 0.275. The van der Waals surface area contributed by atoms with E-state index in [0.29, 0.717) is 28.8 Å². The summed E-state index contributed by atoms with van der Waals surface area (Å²) in [5, 5.41) is 26.1. The van der Waals surface area contributed by atoms with E-state index in [-0.39, 0.29) is 50.5 Å². The van der Waals surface area contributed by atoms with E-state index in [4.69, 9.17) is 0 Å². The molecule has 0 aromatic heterocycles. The number of rotatable bonds is 12. The Morgan fingerprint density at radius 3 is 1.65 bits per heavy atom. The number of carboxylic acid groups (broad SMARTS) is 1. The van der Waals surface area contributed by atoms with Crippen LogP contribution in [-0.2, 0) is 71.8 Å². The maximum atomic E-state index is 14.6. The molecule has 2 heterocycles. The quantitative estimate of drug-likeness (QED) is 0.0858. The van der Waals surface area contributed by atoms with Crippen molar-refractivity contribution in [3.63, 3.8) is 0 Å². The van der Waals surface area contributed by atoms with Crippen molar-refractivity contribution in [3.8, 4) is 0 Å². The van der Waals surface area contributed by atoms with Crippen LogP contribution in [0.2, 0.25) is 0 Å². The van der Waals surface area contributed by atoms with Gasteiger partial charge in [-0.1, -0.05) is 115 Å². The molecular formula is C51H51F3N6O8. The number of aliphatic carboxylic acids is 1. The molecule has 0 spiro atoms. The molecule has 0 unspecified atom stereocenters. The van der Waals surface area contributed by atoms with Crippen LogP contribution in [-0.4, -0.2) is 76.7 Å². The van der Waals surface area contributed by atoms with Gasteiger partial charge in [-0.05, 0) is 64.9 Å². The molecule has 0 radical (unpaired) electrons. The van der Waals surface area contributed by atoms with Crippen molar-refractivity contribution in [2.24, 2.45) is 0 Å². The fourth-order valence-electron chi connectivity index (χ4n) is 7.58. The van der Waals surface area contributed by atoms with Crippen molar-refractivity contribution >= 4 is 47.1 Å². The summed E-state index contributed by atoms with van der Waals surface area (Å²) >= 11 is 0. The second kappa shape index (κ2) is 23.6. The predicted octanol–water partition coefficient (Wildman–Crippen LogP) is 4.85. The number of amides is 6. The minimum Gasteiger partial charge on any atom is -0.480 e. The third-order valence-corrected chi connectivity index (χ3v) is 11.3. The Hall–Kier alpha value is -7.82. The maximum Gasteiger partial charge on any atom is 0.416 e. The molecule has 2 aliphatic heterocycles. The number of benzene rings is 5. The van der Waals surface area contributed by atoms with Gasteiger partial charge >= 0.3 is 12.1 Å². The highest BCUT2D eigenvalue weighted by molar-refractivity contribution is 5.97. The topological polar surface area (TPSA) is 212 Å². The van der Waals surface area contributed by atoms with E-state index < -0.39 is 83.4 Å². The molecule has 7 rings (SSSR count). The second-order valence-corrected chi connectivity index (χ2v) is 16.5. The molecule has 14 nitrogen and oxygen atoms in total. The maximum absolute atomic E-state index is 14.6. The second-order valence-electron chi connectivity index (χ2n) is 16.5.